The molecule has 0 spiro atoms. The molecule has 0 fully saturated rings. The molecule has 0 amide bonds. The number of carbonyl (C=O) groups is 1. The van der Waals surface area contributed by atoms with Gasteiger partial charge in [-0.05, 0) is 12.1 Å². The fourth-order valence-electron chi connectivity index (χ4n) is 2.24. The molecule has 0 bridgehead atoms. The highest BCUT2D eigenvalue weighted by Crippen LogP contribution is 2.65. The number of hydrogen-bond acceptors (Lipinski definition) is 2. The quantitative estimate of drug-likeness (QED) is 0.281. The van der Waals surface area contributed by atoms with Gasteiger partial charge in [-0.2, -0.15) is 74.6 Å². The summed E-state index contributed by atoms with van der Waals surface area (Å²) in [5.41, 5.74) is -4.68. The Hall–Kier alpha value is -2.57. The van der Waals surface area contributed by atoms with E-state index in [0.717, 1.165) is 0 Å². The summed E-state index contributed by atoms with van der Waals surface area (Å²) in [5, 5.41) is 8.97. The molecular weight excluding hydrogens is 554 g/mol. The molecule has 202 valence electrons. The van der Waals surface area contributed by atoms with Crippen LogP contribution in [-0.2, 0) is 5.92 Å². The summed E-state index contributed by atoms with van der Waals surface area (Å²) in [5.74, 6) is -62.6. The second-order valence-electron chi connectivity index (χ2n) is 6.53. The van der Waals surface area contributed by atoms with Gasteiger partial charge < -0.3 is 5.11 Å². The molecule has 35 heavy (non-hydrogen) atoms. The second kappa shape index (κ2) is 7.97. The number of aldehydes is 1. The first kappa shape index (κ1) is 30.5. The van der Waals surface area contributed by atoms with E-state index in [-0.39, 0.29) is 0 Å². The summed E-state index contributed by atoms with van der Waals surface area (Å²) in [6.45, 7) is 0. The van der Waals surface area contributed by atoms with Gasteiger partial charge in [0.2, 0.25) is 0 Å². The number of phenols is 1. The first-order valence-electron chi connectivity index (χ1n) is 7.80. The van der Waals surface area contributed by atoms with Crippen LogP contribution >= 0.6 is 0 Å². The Bertz CT molecular complexity index is 977. The number of carbonyl (C=O) groups excluding carboxylic acids is 1. The van der Waals surface area contributed by atoms with Crippen LogP contribution in [0.2, 0.25) is 0 Å². The topological polar surface area (TPSA) is 37.3 Å². The largest absolute Gasteiger partial charge is 0.504 e. The van der Waals surface area contributed by atoms with Crippen molar-refractivity contribution in [3.8, 4) is 5.75 Å². The number of rotatable bonds is 8. The van der Waals surface area contributed by atoms with Crippen molar-refractivity contribution in [3.63, 3.8) is 0 Å². The van der Waals surface area contributed by atoms with Crippen molar-refractivity contribution in [1.29, 1.82) is 0 Å². The number of benzene rings is 1. The van der Waals surface area contributed by atoms with Crippen molar-refractivity contribution in [2.45, 2.75) is 47.6 Å². The monoisotopic (exact) mass is 558 g/mol. The van der Waals surface area contributed by atoms with E-state index in [1.807, 2.05) is 0 Å². The van der Waals surface area contributed by atoms with Crippen LogP contribution in [0.1, 0.15) is 15.9 Å². The fraction of sp³-hybridized carbons (Fsp3) is 0.533. The summed E-state index contributed by atoms with van der Waals surface area (Å²) in [7, 11) is 0. The van der Waals surface area contributed by atoms with Gasteiger partial charge in [-0.15, -0.1) is 0 Å². The van der Waals surface area contributed by atoms with Gasteiger partial charge in [-0.3, -0.25) is 4.79 Å². The van der Waals surface area contributed by atoms with Crippen LogP contribution in [0.5, 0.6) is 5.75 Å². The third kappa shape index (κ3) is 3.82. The molecule has 0 aromatic heterocycles. The SMILES string of the molecule is O=Cc1cc(C(F)(F)C(F)(F)C(F)(F)C(F)(F)C(F)(F)C(F)(F)C(F)(F)C(F)(F)F)cc(F)c1O. The van der Waals surface area contributed by atoms with Crippen molar-refractivity contribution in [1.82, 2.24) is 0 Å². The van der Waals surface area contributed by atoms with Crippen molar-refractivity contribution < 1.29 is 88.9 Å². The number of halogens is 18. The standard InChI is InChI=1S/C15H4F18O2/c16-6-2-5(1-4(3-34)7(6)35)8(17,18)9(19,20)10(21,22)11(23,24)12(25,26)13(27,28)14(29,30)15(31,32)33/h1-3,35H. The van der Waals surface area contributed by atoms with Gasteiger partial charge in [0.15, 0.2) is 17.9 Å². The molecule has 0 aliphatic rings. The predicted molar refractivity (Wildman–Crippen MR) is 73.1 cm³/mol. The van der Waals surface area contributed by atoms with Crippen LogP contribution in [0.3, 0.4) is 0 Å². The predicted octanol–water partition coefficient (Wildman–Crippen LogP) is 6.81. The fourth-order valence-corrected chi connectivity index (χ4v) is 2.24. The molecule has 0 unspecified atom stereocenters. The van der Waals surface area contributed by atoms with E-state index < -0.39 is 88.7 Å². The van der Waals surface area contributed by atoms with E-state index in [4.69, 9.17) is 5.11 Å². The van der Waals surface area contributed by atoms with Gasteiger partial charge >= 0.3 is 47.6 Å². The molecule has 0 saturated carbocycles. The average molecular weight is 558 g/mol. The summed E-state index contributed by atoms with van der Waals surface area (Å²) in [6.07, 6.45) is -8.66. The molecule has 0 aliphatic heterocycles. The van der Waals surface area contributed by atoms with E-state index >= 15 is 0 Å². The summed E-state index contributed by atoms with van der Waals surface area (Å²) in [4.78, 5) is 10.5. The van der Waals surface area contributed by atoms with Crippen molar-refractivity contribution in [2.24, 2.45) is 0 Å². The highest BCUT2D eigenvalue weighted by Gasteiger charge is 2.95. The van der Waals surface area contributed by atoms with Crippen LogP contribution in [-0.4, -0.2) is 53.1 Å². The molecule has 0 atom stereocenters. The molecule has 20 heteroatoms. The summed E-state index contributed by atoms with van der Waals surface area (Å²) >= 11 is 0. The molecule has 1 aromatic rings. The number of phenolic OH excluding ortho intramolecular Hbond substituents is 1. The van der Waals surface area contributed by atoms with Crippen molar-refractivity contribution in [3.05, 3.63) is 29.1 Å². The highest BCUT2D eigenvalue weighted by molar-refractivity contribution is 5.79. The van der Waals surface area contributed by atoms with Crippen LogP contribution in [0.25, 0.3) is 0 Å². The lowest BCUT2D eigenvalue weighted by atomic mass is 9.87. The number of alkyl halides is 17. The molecule has 0 radical (unpaired) electrons. The maximum absolute atomic E-state index is 14.0. The Morgan fingerprint density at radius 1 is 0.571 bits per heavy atom. The van der Waals surface area contributed by atoms with Gasteiger partial charge in [0.1, 0.15) is 0 Å². The smallest absolute Gasteiger partial charge is 0.460 e. The molecule has 0 aliphatic carbocycles. The number of aromatic hydroxyl groups is 1. The Morgan fingerprint density at radius 2 is 0.914 bits per heavy atom. The molecule has 0 saturated heterocycles. The second-order valence-corrected chi connectivity index (χ2v) is 6.53. The minimum absolute atomic E-state index is 0.766. The molecule has 2 nitrogen and oxygen atoms in total. The molecule has 1 aromatic carbocycles. The molecule has 0 heterocycles. The highest BCUT2D eigenvalue weighted by atomic mass is 19.4. The van der Waals surface area contributed by atoms with Crippen LogP contribution in [0, 0.1) is 5.82 Å². The zero-order valence-electron chi connectivity index (χ0n) is 15.4. The van der Waals surface area contributed by atoms with Crippen LogP contribution in [0.4, 0.5) is 79.0 Å². The van der Waals surface area contributed by atoms with Crippen molar-refractivity contribution in [2.75, 3.05) is 0 Å². The van der Waals surface area contributed by atoms with Crippen molar-refractivity contribution >= 4 is 6.29 Å². The Kier molecular flexibility index (Phi) is 6.94. The van der Waals surface area contributed by atoms with E-state index in [0.29, 0.717) is 0 Å². The Morgan fingerprint density at radius 3 is 1.26 bits per heavy atom. The molecular formula is C15H4F18O2. The van der Waals surface area contributed by atoms with Crippen LogP contribution < -0.4 is 0 Å². The normalized spacial score (nSPS) is 15.4. The third-order valence-electron chi connectivity index (χ3n) is 4.30. The lowest BCUT2D eigenvalue weighted by molar-refractivity contribution is -0.462. The van der Waals surface area contributed by atoms with Crippen LogP contribution in [0.15, 0.2) is 12.1 Å². The average Bonchev–Trinajstić information content (AvgIpc) is 2.67. The molecule has 1 rings (SSSR count). The lowest BCUT2D eigenvalue weighted by Crippen LogP contribution is -2.74. The minimum Gasteiger partial charge on any atom is -0.504 e. The first-order valence-corrected chi connectivity index (χ1v) is 7.80. The van der Waals surface area contributed by atoms with E-state index in [1.54, 1.807) is 0 Å². The van der Waals surface area contributed by atoms with E-state index in [9.17, 15) is 83.8 Å². The molecule has 1 N–H and O–H groups in total. The Labute approximate surface area is 179 Å². The van der Waals surface area contributed by atoms with Gasteiger partial charge in [-0.1, -0.05) is 0 Å². The maximum Gasteiger partial charge on any atom is 0.460 e. The summed E-state index contributed by atoms with van der Waals surface area (Å²) < 4.78 is 238. The van der Waals surface area contributed by atoms with Gasteiger partial charge in [-0.25, -0.2) is 4.39 Å². The lowest BCUT2D eigenvalue weighted by Gasteiger charge is -2.42. The minimum atomic E-state index is -8.80. The third-order valence-corrected chi connectivity index (χ3v) is 4.30. The van der Waals surface area contributed by atoms with Gasteiger partial charge in [0.25, 0.3) is 0 Å². The maximum atomic E-state index is 14.0. The van der Waals surface area contributed by atoms with E-state index in [2.05, 4.69) is 0 Å². The first-order chi connectivity index (χ1) is 15.1. The Balaban J connectivity index is 3.82. The van der Waals surface area contributed by atoms with E-state index in [1.165, 1.54) is 0 Å². The van der Waals surface area contributed by atoms with Gasteiger partial charge in [0, 0.05) is 5.56 Å². The number of hydrogen-bond donors (Lipinski definition) is 1. The zero-order chi connectivity index (χ0) is 28.4. The zero-order valence-corrected chi connectivity index (χ0v) is 15.4. The van der Waals surface area contributed by atoms with Gasteiger partial charge in [0.05, 0.1) is 5.56 Å². The summed E-state index contributed by atoms with van der Waals surface area (Å²) in [6, 6.07) is -1.78.